The zero-order chi connectivity index (χ0) is 12.1. The van der Waals surface area contributed by atoms with Crippen LogP contribution < -0.4 is 0 Å². The Kier molecular flexibility index (Phi) is 2.06. The number of aryl methyl sites for hydroxylation is 1. The predicted octanol–water partition coefficient (Wildman–Crippen LogP) is 5.28. The van der Waals surface area contributed by atoms with Gasteiger partial charge < -0.3 is 0 Å². The maximum Gasteiger partial charge on any atom is 0.0207 e. The van der Waals surface area contributed by atoms with Gasteiger partial charge in [-0.2, -0.15) is 0 Å². The van der Waals surface area contributed by atoms with E-state index in [2.05, 4.69) is 61.5 Å². The van der Waals surface area contributed by atoms with Gasteiger partial charge in [0.05, 0.1) is 0 Å². The molecule has 0 unspecified atom stereocenters. The second kappa shape index (κ2) is 3.63. The van der Waals surface area contributed by atoms with Gasteiger partial charge in [0.2, 0.25) is 0 Å². The van der Waals surface area contributed by atoms with Crippen molar-refractivity contribution >= 4 is 22.5 Å². The minimum absolute atomic E-state index is 1.33. The predicted molar refractivity (Wildman–Crippen MR) is 78.2 cm³/mol. The Balaban J connectivity index is 2.17. The molecule has 1 heteroatoms. The highest BCUT2D eigenvalue weighted by molar-refractivity contribution is 7.99. The lowest BCUT2D eigenvalue weighted by molar-refractivity contribution is 1.34. The third-order valence-corrected chi connectivity index (χ3v) is 4.63. The van der Waals surface area contributed by atoms with Crippen molar-refractivity contribution in [2.24, 2.45) is 0 Å². The lowest BCUT2D eigenvalue weighted by Gasteiger charge is -2.20. The van der Waals surface area contributed by atoms with Crippen LogP contribution in [0.3, 0.4) is 0 Å². The van der Waals surface area contributed by atoms with Crippen LogP contribution in [0.2, 0.25) is 0 Å². The molecular weight excluding hydrogens is 236 g/mol. The molecule has 1 aliphatic heterocycles. The van der Waals surface area contributed by atoms with Gasteiger partial charge in [0.1, 0.15) is 0 Å². The Bertz CT molecular complexity index is 766. The van der Waals surface area contributed by atoms with Gasteiger partial charge in [0.25, 0.3) is 0 Å². The van der Waals surface area contributed by atoms with Crippen LogP contribution in [0.25, 0.3) is 21.9 Å². The number of fused-ring (bicyclic) bond motifs is 2. The molecule has 0 aliphatic carbocycles. The Hall–Kier alpha value is -1.73. The summed E-state index contributed by atoms with van der Waals surface area (Å²) >= 11 is 1.89. The van der Waals surface area contributed by atoms with Crippen molar-refractivity contribution in [3.63, 3.8) is 0 Å². The van der Waals surface area contributed by atoms with Crippen molar-refractivity contribution in [2.45, 2.75) is 16.7 Å². The summed E-state index contributed by atoms with van der Waals surface area (Å²) in [7, 11) is 0. The normalized spacial score (nSPS) is 12.5. The highest BCUT2D eigenvalue weighted by Gasteiger charge is 2.18. The monoisotopic (exact) mass is 248 g/mol. The molecule has 18 heavy (non-hydrogen) atoms. The Morgan fingerprint density at radius 1 is 0.778 bits per heavy atom. The van der Waals surface area contributed by atoms with Crippen LogP contribution in [0.4, 0.5) is 0 Å². The summed E-state index contributed by atoms with van der Waals surface area (Å²) in [5.74, 6) is 0. The van der Waals surface area contributed by atoms with E-state index in [-0.39, 0.29) is 0 Å². The van der Waals surface area contributed by atoms with E-state index in [1.54, 1.807) is 0 Å². The molecule has 0 saturated heterocycles. The molecule has 0 radical (unpaired) electrons. The molecule has 0 bridgehead atoms. The summed E-state index contributed by atoms with van der Waals surface area (Å²) in [4.78, 5) is 2.75. The minimum Gasteiger partial charge on any atom is -0.0888 e. The standard InChI is InChI=1S/C17H12S/c1-11-8-9-13-14-6-2-4-12-5-3-7-15(17(12)14)18-16(13)10-11/h2-10H,1H3. The fourth-order valence-corrected chi connectivity index (χ4v) is 3.92. The van der Waals surface area contributed by atoms with Crippen LogP contribution >= 0.6 is 11.8 Å². The van der Waals surface area contributed by atoms with Crippen LogP contribution in [-0.2, 0) is 0 Å². The first kappa shape index (κ1) is 10.2. The smallest absolute Gasteiger partial charge is 0.0207 e. The molecule has 0 nitrogen and oxygen atoms in total. The van der Waals surface area contributed by atoms with Gasteiger partial charge in [-0.15, -0.1) is 0 Å². The Labute approximate surface area is 111 Å². The number of benzene rings is 3. The summed E-state index contributed by atoms with van der Waals surface area (Å²) in [6.07, 6.45) is 0. The van der Waals surface area contributed by atoms with Crippen LogP contribution in [0.15, 0.2) is 64.4 Å². The molecule has 0 fully saturated rings. The molecule has 1 aliphatic rings. The number of hydrogen-bond acceptors (Lipinski definition) is 1. The van der Waals surface area contributed by atoms with E-state index in [0.29, 0.717) is 0 Å². The third kappa shape index (κ3) is 1.34. The maximum atomic E-state index is 2.29. The van der Waals surface area contributed by atoms with E-state index >= 15 is 0 Å². The van der Waals surface area contributed by atoms with Gasteiger partial charge in [-0.1, -0.05) is 54.2 Å². The number of hydrogen-bond donors (Lipinski definition) is 0. The highest BCUT2D eigenvalue weighted by atomic mass is 32.2. The van der Waals surface area contributed by atoms with Crippen molar-refractivity contribution < 1.29 is 0 Å². The lowest BCUT2D eigenvalue weighted by Crippen LogP contribution is -1.92. The van der Waals surface area contributed by atoms with E-state index in [4.69, 9.17) is 0 Å². The van der Waals surface area contributed by atoms with Crippen molar-refractivity contribution in [2.75, 3.05) is 0 Å². The first-order valence-corrected chi connectivity index (χ1v) is 6.95. The summed E-state index contributed by atoms with van der Waals surface area (Å²) in [5, 5.41) is 2.74. The van der Waals surface area contributed by atoms with Crippen molar-refractivity contribution in [1.29, 1.82) is 0 Å². The summed E-state index contributed by atoms with van der Waals surface area (Å²) < 4.78 is 0. The van der Waals surface area contributed by atoms with Crippen molar-refractivity contribution in [1.82, 2.24) is 0 Å². The van der Waals surface area contributed by atoms with Crippen molar-refractivity contribution in [3.05, 3.63) is 60.2 Å². The Morgan fingerprint density at radius 3 is 2.50 bits per heavy atom. The van der Waals surface area contributed by atoms with Gasteiger partial charge in [0, 0.05) is 15.2 Å². The fourth-order valence-electron chi connectivity index (χ4n) is 2.67. The van der Waals surface area contributed by atoms with Gasteiger partial charge in [-0.25, -0.2) is 0 Å². The topological polar surface area (TPSA) is 0 Å². The zero-order valence-corrected chi connectivity index (χ0v) is 10.9. The molecule has 0 amide bonds. The highest BCUT2D eigenvalue weighted by Crippen LogP contribution is 2.47. The third-order valence-electron chi connectivity index (χ3n) is 3.51. The first-order valence-electron chi connectivity index (χ1n) is 6.13. The largest absolute Gasteiger partial charge is 0.0888 e. The van der Waals surface area contributed by atoms with E-state index < -0.39 is 0 Å². The average Bonchev–Trinajstić information content (AvgIpc) is 2.39. The molecule has 0 aromatic heterocycles. The molecule has 3 aromatic rings. The summed E-state index contributed by atoms with van der Waals surface area (Å²) in [6.45, 7) is 2.15. The van der Waals surface area contributed by atoms with Crippen LogP contribution in [-0.4, -0.2) is 0 Å². The zero-order valence-electron chi connectivity index (χ0n) is 10.1. The van der Waals surface area contributed by atoms with Crippen molar-refractivity contribution in [3.8, 4) is 11.1 Å². The van der Waals surface area contributed by atoms with Gasteiger partial charge >= 0.3 is 0 Å². The van der Waals surface area contributed by atoms with Gasteiger partial charge in [-0.3, -0.25) is 0 Å². The second-order valence-corrected chi connectivity index (χ2v) is 5.85. The van der Waals surface area contributed by atoms with Crippen LogP contribution in [0, 0.1) is 6.92 Å². The average molecular weight is 248 g/mol. The quantitative estimate of drug-likeness (QED) is 0.408. The fraction of sp³-hybridized carbons (Fsp3) is 0.0588. The van der Waals surface area contributed by atoms with E-state index in [1.807, 2.05) is 11.8 Å². The molecule has 3 aromatic carbocycles. The molecule has 1 heterocycles. The van der Waals surface area contributed by atoms with E-state index in [0.717, 1.165) is 0 Å². The van der Waals surface area contributed by atoms with Crippen LogP contribution in [0.5, 0.6) is 0 Å². The summed E-state index contributed by atoms with van der Waals surface area (Å²) in [6, 6.07) is 19.9. The first-order chi connectivity index (χ1) is 8.83. The molecule has 0 saturated carbocycles. The summed E-state index contributed by atoms with van der Waals surface area (Å²) in [5.41, 5.74) is 4.07. The maximum absolute atomic E-state index is 2.29. The lowest BCUT2D eigenvalue weighted by atomic mass is 9.97. The minimum atomic E-state index is 1.33. The molecule has 0 N–H and O–H groups in total. The second-order valence-electron chi connectivity index (χ2n) is 4.76. The SMILES string of the molecule is Cc1ccc2c(c1)Sc1cccc3cccc-2c13. The molecule has 0 atom stereocenters. The molecule has 86 valence electrons. The number of rotatable bonds is 0. The van der Waals surface area contributed by atoms with Gasteiger partial charge in [0.15, 0.2) is 0 Å². The molecular formula is C17H12S. The van der Waals surface area contributed by atoms with Crippen LogP contribution in [0.1, 0.15) is 5.56 Å². The van der Waals surface area contributed by atoms with E-state index in [1.165, 1.54) is 37.3 Å². The van der Waals surface area contributed by atoms with E-state index in [9.17, 15) is 0 Å². The molecule has 0 spiro atoms. The van der Waals surface area contributed by atoms with Gasteiger partial charge in [-0.05, 0) is 41.1 Å². The molecule has 4 rings (SSSR count). The Morgan fingerprint density at radius 2 is 1.61 bits per heavy atom.